The molecule has 1 heterocycles. The lowest BCUT2D eigenvalue weighted by molar-refractivity contribution is 0.415. The van der Waals surface area contributed by atoms with Crippen LogP contribution in [-0.4, -0.2) is 17.3 Å². The third-order valence-electron chi connectivity index (χ3n) is 3.25. The largest absolute Gasteiger partial charge is 0.497 e. The van der Waals surface area contributed by atoms with Crippen LogP contribution in [-0.2, 0) is 13.1 Å². The predicted molar refractivity (Wildman–Crippen MR) is 83.3 cm³/mol. The molecule has 0 radical (unpaired) electrons. The van der Waals surface area contributed by atoms with E-state index in [2.05, 4.69) is 27.6 Å². The van der Waals surface area contributed by atoms with Crippen molar-refractivity contribution in [2.75, 3.05) is 7.11 Å². The predicted octanol–water partition coefficient (Wildman–Crippen LogP) is 3.04. The molecular formula is C17H17N3O2. The Morgan fingerprint density at radius 2 is 1.73 bits per heavy atom. The summed E-state index contributed by atoms with van der Waals surface area (Å²) in [6.45, 7) is 1.30. The van der Waals surface area contributed by atoms with E-state index in [0.717, 1.165) is 17.9 Å². The van der Waals surface area contributed by atoms with Crippen molar-refractivity contribution < 1.29 is 9.15 Å². The highest BCUT2D eigenvalue weighted by molar-refractivity contribution is 5.53. The Kier molecular flexibility index (Phi) is 4.46. The first-order valence-corrected chi connectivity index (χ1v) is 7.06. The van der Waals surface area contributed by atoms with Gasteiger partial charge in [-0.3, -0.25) is 0 Å². The first-order chi connectivity index (χ1) is 10.8. The number of benzene rings is 2. The summed E-state index contributed by atoms with van der Waals surface area (Å²) in [7, 11) is 1.64. The molecule has 0 amide bonds. The van der Waals surface area contributed by atoms with Crippen LogP contribution in [0.1, 0.15) is 11.5 Å². The number of nitrogens with zero attached hydrogens (tertiary/aromatic N) is 2. The van der Waals surface area contributed by atoms with Crippen molar-refractivity contribution in [1.29, 1.82) is 0 Å². The molecule has 0 atom stereocenters. The zero-order valence-corrected chi connectivity index (χ0v) is 12.3. The summed E-state index contributed by atoms with van der Waals surface area (Å²) < 4.78 is 10.8. The molecule has 0 aliphatic carbocycles. The van der Waals surface area contributed by atoms with E-state index in [1.807, 2.05) is 42.5 Å². The minimum Gasteiger partial charge on any atom is -0.497 e. The van der Waals surface area contributed by atoms with Gasteiger partial charge >= 0.3 is 0 Å². The van der Waals surface area contributed by atoms with Crippen LogP contribution in [0.4, 0.5) is 0 Å². The normalized spacial score (nSPS) is 10.6. The highest BCUT2D eigenvalue weighted by Crippen LogP contribution is 2.21. The second-order valence-electron chi connectivity index (χ2n) is 4.82. The summed E-state index contributed by atoms with van der Waals surface area (Å²) in [6.07, 6.45) is 0. The molecule has 0 aliphatic heterocycles. The van der Waals surface area contributed by atoms with Crippen LogP contribution in [0.5, 0.6) is 5.75 Å². The topological polar surface area (TPSA) is 60.2 Å². The second kappa shape index (κ2) is 6.87. The van der Waals surface area contributed by atoms with Gasteiger partial charge in [0.25, 0.3) is 0 Å². The Bertz CT molecular complexity index is 708. The average molecular weight is 295 g/mol. The minimum absolute atomic E-state index is 0.513. The average Bonchev–Trinajstić information content (AvgIpc) is 3.05. The Morgan fingerprint density at radius 1 is 0.955 bits per heavy atom. The fraction of sp³-hybridized carbons (Fsp3) is 0.176. The smallest absolute Gasteiger partial charge is 0.247 e. The van der Waals surface area contributed by atoms with Crippen LogP contribution in [0.15, 0.2) is 59.0 Å². The van der Waals surface area contributed by atoms with Crippen LogP contribution in [0.3, 0.4) is 0 Å². The summed E-state index contributed by atoms with van der Waals surface area (Å²) in [6, 6.07) is 17.7. The zero-order chi connectivity index (χ0) is 15.2. The van der Waals surface area contributed by atoms with E-state index in [1.54, 1.807) is 7.11 Å². The molecule has 0 spiro atoms. The maximum atomic E-state index is 5.66. The van der Waals surface area contributed by atoms with Crippen LogP contribution >= 0.6 is 0 Å². The third kappa shape index (κ3) is 3.51. The first kappa shape index (κ1) is 14.3. The first-order valence-electron chi connectivity index (χ1n) is 7.06. The van der Waals surface area contributed by atoms with Crippen molar-refractivity contribution in [2.45, 2.75) is 13.1 Å². The van der Waals surface area contributed by atoms with Crippen LogP contribution in [0.25, 0.3) is 11.5 Å². The molecule has 3 aromatic rings. The highest BCUT2D eigenvalue weighted by atomic mass is 16.5. The quantitative estimate of drug-likeness (QED) is 0.757. The molecule has 112 valence electrons. The number of hydrogen-bond donors (Lipinski definition) is 1. The minimum atomic E-state index is 0.513. The van der Waals surface area contributed by atoms with Crippen molar-refractivity contribution in [1.82, 2.24) is 15.5 Å². The van der Waals surface area contributed by atoms with Gasteiger partial charge < -0.3 is 14.5 Å². The monoisotopic (exact) mass is 295 g/mol. The van der Waals surface area contributed by atoms with Gasteiger partial charge in [0, 0.05) is 12.1 Å². The number of aromatic nitrogens is 2. The summed E-state index contributed by atoms with van der Waals surface area (Å²) in [5.74, 6) is 1.88. The van der Waals surface area contributed by atoms with E-state index in [9.17, 15) is 0 Å². The van der Waals surface area contributed by atoms with Gasteiger partial charge in [-0.2, -0.15) is 0 Å². The zero-order valence-electron chi connectivity index (χ0n) is 12.3. The summed E-state index contributed by atoms with van der Waals surface area (Å²) >= 11 is 0. The van der Waals surface area contributed by atoms with Crippen LogP contribution < -0.4 is 10.1 Å². The van der Waals surface area contributed by atoms with Crippen molar-refractivity contribution >= 4 is 0 Å². The lowest BCUT2D eigenvalue weighted by Crippen LogP contribution is -2.12. The molecule has 0 bridgehead atoms. The molecular weight excluding hydrogens is 278 g/mol. The fourth-order valence-corrected chi connectivity index (χ4v) is 2.08. The number of rotatable bonds is 6. The van der Waals surface area contributed by atoms with Gasteiger partial charge in [-0.15, -0.1) is 10.2 Å². The van der Waals surface area contributed by atoms with E-state index < -0.39 is 0 Å². The van der Waals surface area contributed by atoms with Gasteiger partial charge in [-0.05, 0) is 29.8 Å². The van der Waals surface area contributed by atoms with Crippen molar-refractivity contribution in [3.05, 3.63) is 66.1 Å². The standard InChI is InChI=1S/C17H17N3O2/c1-21-15-9-7-14(8-10-15)17-20-19-16(22-17)12-18-11-13-5-3-2-4-6-13/h2-10,18H,11-12H2,1H3. The molecule has 2 aromatic carbocycles. The Morgan fingerprint density at radius 3 is 2.45 bits per heavy atom. The molecule has 22 heavy (non-hydrogen) atoms. The molecule has 3 rings (SSSR count). The number of ether oxygens (including phenoxy) is 1. The van der Waals surface area contributed by atoms with Gasteiger partial charge in [-0.25, -0.2) is 0 Å². The molecule has 0 saturated heterocycles. The van der Waals surface area contributed by atoms with Crippen LogP contribution in [0.2, 0.25) is 0 Å². The van der Waals surface area contributed by atoms with Crippen molar-refractivity contribution in [2.24, 2.45) is 0 Å². The van der Waals surface area contributed by atoms with Gasteiger partial charge in [0.2, 0.25) is 11.8 Å². The van der Waals surface area contributed by atoms with Gasteiger partial charge in [-0.1, -0.05) is 30.3 Å². The molecule has 1 N–H and O–H groups in total. The van der Waals surface area contributed by atoms with Crippen LogP contribution in [0, 0.1) is 0 Å². The molecule has 1 aromatic heterocycles. The maximum absolute atomic E-state index is 5.66. The molecule has 0 aliphatic rings. The second-order valence-corrected chi connectivity index (χ2v) is 4.82. The van der Waals surface area contributed by atoms with Gasteiger partial charge in [0.15, 0.2) is 0 Å². The molecule has 5 heteroatoms. The van der Waals surface area contributed by atoms with Gasteiger partial charge in [0.1, 0.15) is 5.75 Å². The lowest BCUT2D eigenvalue weighted by Gasteiger charge is -2.01. The molecule has 0 saturated carbocycles. The van der Waals surface area contributed by atoms with Gasteiger partial charge in [0.05, 0.1) is 13.7 Å². The molecule has 0 unspecified atom stereocenters. The SMILES string of the molecule is COc1ccc(-c2nnc(CNCc3ccccc3)o2)cc1. The lowest BCUT2D eigenvalue weighted by atomic mass is 10.2. The van der Waals surface area contributed by atoms with E-state index in [0.29, 0.717) is 18.3 Å². The maximum Gasteiger partial charge on any atom is 0.247 e. The van der Waals surface area contributed by atoms with E-state index in [1.165, 1.54) is 5.56 Å². The number of methoxy groups -OCH3 is 1. The highest BCUT2D eigenvalue weighted by Gasteiger charge is 2.08. The summed E-state index contributed by atoms with van der Waals surface area (Å²) in [5.41, 5.74) is 2.10. The number of hydrogen-bond acceptors (Lipinski definition) is 5. The van der Waals surface area contributed by atoms with E-state index >= 15 is 0 Å². The van der Waals surface area contributed by atoms with Crippen molar-refractivity contribution in [3.8, 4) is 17.2 Å². The Balaban J connectivity index is 1.58. The summed E-state index contributed by atoms with van der Waals surface area (Å²) in [5, 5.41) is 11.4. The fourth-order valence-electron chi connectivity index (χ4n) is 2.08. The molecule has 5 nitrogen and oxygen atoms in total. The third-order valence-corrected chi connectivity index (χ3v) is 3.25. The molecule has 0 fully saturated rings. The summed E-state index contributed by atoms with van der Waals surface area (Å²) in [4.78, 5) is 0. The van der Waals surface area contributed by atoms with Crippen molar-refractivity contribution in [3.63, 3.8) is 0 Å². The Labute approximate surface area is 129 Å². The van der Waals surface area contributed by atoms with E-state index in [4.69, 9.17) is 9.15 Å². The Hall–Kier alpha value is -2.66. The van der Waals surface area contributed by atoms with E-state index in [-0.39, 0.29) is 0 Å². The number of nitrogens with one attached hydrogen (secondary N) is 1.